The lowest BCUT2D eigenvalue weighted by molar-refractivity contribution is 0.286. The van der Waals surface area contributed by atoms with E-state index in [4.69, 9.17) is 0 Å². The van der Waals surface area contributed by atoms with Gasteiger partial charge in [0.1, 0.15) is 0 Å². The quantitative estimate of drug-likeness (QED) is 0.606. The molecule has 0 saturated carbocycles. The van der Waals surface area contributed by atoms with Crippen LogP contribution in [0.1, 0.15) is 62.9 Å². The zero-order chi connectivity index (χ0) is 15.2. The molecule has 0 aromatic carbocycles. The maximum Gasteiger partial charge on any atom is 0.0659 e. The van der Waals surface area contributed by atoms with E-state index in [1.807, 2.05) is 11.3 Å². The van der Waals surface area contributed by atoms with Crippen molar-refractivity contribution >= 4 is 33.9 Å². The van der Waals surface area contributed by atoms with Gasteiger partial charge in [0.25, 0.3) is 0 Å². The monoisotopic (exact) mass is 420 g/mol. The van der Waals surface area contributed by atoms with E-state index in [0.717, 1.165) is 0 Å². The predicted molar refractivity (Wildman–Crippen MR) is 102 cm³/mol. The summed E-state index contributed by atoms with van der Waals surface area (Å²) in [6.45, 7) is 10.5. The molecule has 0 amide bonds. The maximum absolute atomic E-state index is 3.88. The standard InChI is InChI=1S/C17H29IN2S/c1-4-20(5-2)11-7-8-13(3)19-15-9-6-10-16-14(15)12-17(18)21-16/h12-13,15,19H,4-11H2,1-3H3. The summed E-state index contributed by atoms with van der Waals surface area (Å²) in [7, 11) is 0. The van der Waals surface area contributed by atoms with Crippen molar-refractivity contribution in [2.24, 2.45) is 0 Å². The number of aryl methyl sites for hydroxylation is 1. The lowest BCUT2D eigenvalue weighted by Gasteiger charge is -2.27. The Bertz CT molecular complexity index is 428. The summed E-state index contributed by atoms with van der Waals surface area (Å²) in [4.78, 5) is 4.14. The lowest BCUT2D eigenvalue weighted by Crippen LogP contribution is -2.33. The highest BCUT2D eigenvalue weighted by atomic mass is 127. The largest absolute Gasteiger partial charge is 0.307 e. The highest BCUT2D eigenvalue weighted by Gasteiger charge is 2.23. The van der Waals surface area contributed by atoms with Gasteiger partial charge in [-0.2, -0.15) is 0 Å². The fourth-order valence-electron chi connectivity index (χ4n) is 3.28. The number of nitrogens with one attached hydrogen (secondary N) is 1. The Morgan fingerprint density at radius 2 is 2.19 bits per heavy atom. The second kappa shape index (κ2) is 8.85. The molecule has 21 heavy (non-hydrogen) atoms. The summed E-state index contributed by atoms with van der Waals surface area (Å²) in [6.07, 6.45) is 6.52. The Labute approximate surface area is 147 Å². The molecule has 0 spiro atoms. The number of thiophene rings is 1. The lowest BCUT2D eigenvalue weighted by atomic mass is 9.93. The van der Waals surface area contributed by atoms with E-state index in [0.29, 0.717) is 12.1 Å². The van der Waals surface area contributed by atoms with Crippen molar-refractivity contribution in [2.75, 3.05) is 19.6 Å². The van der Waals surface area contributed by atoms with Crippen molar-refractivity contribution in [2.45, 2.75) is 65.0 Å². The Morgan fingerprint density at radius 1 is 1.43 bits per heavy atom. The summed E-state index contributed by atoms with van der Waals surface area (Å²) in [5.74, 6) is 0. The van der Waals surface area contributed by atoms with Gasteiger partial charge < -0.3 is 10.2 Å². The summed E-state index contributed by atoms with van der Waals surface area (Å²) < 4.78 is 1.44. The number of halogens is 1. The number of hydrogen-bond acceptors (Lipinski definition) is 3. The number of fused-ring (bicyclic) bond motifs is 1. The van der Waals surface area contributed by atoms with Crippen LogP contribution in [0.3, 0.4) is 0 Å². The van der Waals surface area contributed by atoms with Gasteiger partial charge in [-0.05, 0) is 92.9 Å². The molecular weight excluding hydrogens is 391 g/mol. The highest BCUT2D eigenvalue weighted by molar-refractivity contribution is 14.1. The topological polar surface area (TPSA) is 15.3 Å². The molecule has 1 aliphatic carbocycles. The van der Waals surface area contributed by atoms with E-state index < -0.39 is 0 Å². The zero-order valence-corrected chi connectivity index (χ0v) is 16.6. The van der Waals surface area contributed by atoms with Crippen LogP contribution in [0.4, 0.5) is 0 Å². The van der Waals surface area contributed by atoms with E-state index >= 15 is 0 Å². The minimum absolute atomic E-state index is 0.594. The Balaban J connectivity index is 1.79. The number of hydrogen-bond donors (Lipinski definition) is 1. The molecule has 2 unspecified atom stereocenters. The molecule has 2 atom stereocenters. The van der Waals surface area contributed by atoms with Crippen LogP contribution in [0, 0.1) is 2.88 Å². The smallest absolute Gasteiger partial charge is 0.0659 e. The van der Waals surface area contributed by atoms with Crippen molar-refractivity contribution in [1.29, 1.82) is 0 Å². The fourth-order valence-corrected chi connectivity index (χ4v) is 5.40. The summed E-state index contributed by atoms with van der Waals surface area (Å²) in [5.41, 5.74) is 1.59. The van der Waals surface area contributed by atoms with Crippen LogP contribution in [0.2, 0.25) is 0 Å². The molecule has 2 rings (SSSR count). The van der Waals surface area contributed by atoms with E-state index in [9.17, 15) is 0 Å². The summed E-state index contributed by atoms with van der Waals surface area (Å²) in [5, 5.41) is 3.88. The first-order valence-electron chi connectivity index (χ1n) is 8.40. The summed E-state index contributed by atoms with van der Waals surface area (Å²) >= 11 is 4.46. The van der Waals surface area contributed by atoms with Gasteiger partial charge in [0, 0.05) is 17.0 Å². The van der Waals surface area contributed by atoms with Crippen LogP contribution < -0.4 is 5.32 Å². The van der Waals surface area contributed by atoms with Gasteiger partial charge in [0.05, 0.1) is 2.88 Å². The molecule has 1 aromatic heterocycles. The first-order chi connectivity index (χ1) is 10.1. The first kappa shape index (κ1) is 17.7. The van der Waals surface area contributed by atoms with E-state index in [2.05, 4.69) is 59.6 Å². The first-order valence-corrected chi connectivity index (χ1v) is 10.3. The van der Waals surface area contributed by atoms with Crippen LogP contribution in [-0.4, -0.2) is 30.6 Å². The molecule has 0 aliphatic heterocycles. The van der Waals surface area contributed by atoms with Gasteiger partial charge in [-0.3, -0.25) is 0 Å². The Kier molecular flexibility index (Phi) is 7.46. The van der Waals surface area contributed by atoms with Gasteiger partial charge in [-0.15, -0.1) is 11.3 Å². The third-order valence-corrected chi connectivity index (χ3v) is 6.55. The molecule has 1 heterocycles. The van der Waals surface area contributed by atoms with Crippen molar-refractivity contribution in [3.63, 3.8) is 0 Å². The van der Waals surface area contributed by atoms with E-state index in [1.165, 1.54) is 54.6 Å². The molecule has 0 bridgehead atoms. The van der Waals surface area contributed by atoms with Crippen molar-refractivity contribution in [3.05, 3.63) is 19.4 Å². The average Bonchev–Trinajstić information content (AvgIpc) is 2.85. The average molecular weight is 420 g/mol. The van der Waals surface area contributed by atoms with Gasteiger partial charge in [-0.1, -0.05) is 13.8 Å². The molecule has 4 heteroatoms. The molecule has 120 valence electrons. The van der Waals surface area contributed by atoms with Crippen molar-refractivity contribution in [3.8, 4) is 0 Å². The molecule has 0 fully saturated rings. The number of nitrogens with zero attached hydrogens (tertiary/aromatic N) is 1. The SMILES string of the molecule is CCN(CC)CCCC(C)NC1CCCc2sc(I)cc21. The Hall–Kier alpha value is 0.350. The molecule has 1 aliphatic rings. The minimum Gasteiger partial charge on any atom is -0.307 e. The molecule has 0 radical (unpaired) electrons. The van der Waals surface area contributed by atoms with Crippen LogP contribution in [0.15, 0.2) is 6.07 Å². The second-order valence-electron chi connectivity index (χ2n) is 6.11. The molecule has 1 N–H and O–H groups in total. The van der Waals surface area contributed by atoms with Crippen molar-refractivity contribution < 1.29 is 0 Å². The molecule has 2 nitrogen and oxygen atoms in total. The third-order valence-electron chi connectivity index (χ3n) is 4.58. The van der Waals surface area contributed by atoms with Gasteiger partial charge >= 0.3 is 0 Å². The predicted octanol–water partition coefficient (Wildman–Crippen LogP) is 4.83. The zero-order valence-electron chi connectivity index (χ0n) is 13.6. The van der Waals surface area contributed by atoms with Crippen LogP contribution in [0.25, 0.3) is 0 Å². The van der Waals surface area contributed by atoms with Gasteiger partial charge in [0.2, 0.25) is 0 Å². The second-order valence-corrected chi connectivity index (χ2v) is 9.14. The molecule has 1 aromatic rings. The molecule has 0 saturated heterocycles. The summed E-state index contributed by atoms with van der Waals surface area (Å²) in [6, 6.07) is 3.62. The van der Waals surface area contributed by atoms with Crippen LogP contribution in [-0.2, 0) is 6.42 Å². The van der Waals surface area contributed by atoms with Gasteiger partial charge in [0.15, 0.2) is 0 Å². The van der Waals surface area contributed by atoms with Crippen molar-refractivity contribution in [1.82, 2.24) is 10.2 Å². The fraction of sp³-hybridized carbons (Fsp3) is 0.765. The minimum atomic E-state index is 0.594. The number of rotatable bonds is 8. The van der Waals surface area contributed by atoms with Gasteiger partial charge in [-0.25, -0.2) is 0 Å². The van der Waals surface area contributed by atoms with Crippen LogP contribution >= 0.6 is 33.9 Å². The van der Waals surface area contributed by atoms with E-state index in [-0.39, 0.29) is 0 Å². The normalized spacial score (nSPS) is 19.8. The molecular formula is C17H29IN2S. The maximum atomic E-state index is 3.88. The van der Waals surface area contributed by atoms with E-state index in [1.54, 1.807) is 10.4 Å². The third kappa shape index (κ3) is 5.19. The van der Waals surface area contributed by atoms with Crippen LogP contribution in [0.5, 0.6) is 0 Å². The highest BCUT2D eigenvalue weighted by Crippen LogP contribution is 2.36. The Morgan fingerprint density at radius 3 is 2.90 bits per heavy atom.